The van der Waals surface area contributed by atoms with E-state index in [-0.39, 0.29) is 48.1 Å². The summed E-state index contributed by atoms with van der Waals surface area (Å²) in [5.74, 6) is -3.43. The van der Waals surface area contributed by atoms with Crippen LogP contribution in [-0.2, 0) is 16.0 Å². The minimum atomic E-state index is -1.33. The van der Waals surface area contributed by atoms with Crippen LogP contribution in [0.1, 0.15) is 52.0 Å². The highest BCUT2D eigenvalue weighted by molar-refractivity contribution is 5.82. The Morgan fingerprint density at radius 1 is 1.06 bits per heavy atom. The maximum absolute atomic E-state index is 14.4. The van der Waals surface area contributed by atoms with Gasteiger partial charge in [0.25, 0.3) is 0 Å². The second-order valence-electron chi connectivity index (χ2n) is 11.0. The van der Waals surface area contributed by atoms with Crippen LogP contribution in [0.4, 0.5) is 18.0 Å². The molecule has 35 heavy (non-hydrogen) atoms. The van der Waals surface area contributed by atoms with Crippen LogP contribution in [-0.4, -0.2) is 75.0 Å². The first-order valence-electron chi connectivity index (χ1n) is 12.1. The lowest BCUT2D eigenvalue weighted by Crippen LogP contribution is -2.54. The summed E-state index contributed by atoms with van der Waals surface area (Å²) < 4.78 is 41.7. The monoisotopic (exact) mass is 495 g/mol. The van der Waals surface area contributed by atoms with Crippen molar-refractivity contribution in [3.05, 3.63) is 35.1 Å². The third-order valence-electron chi connectivity index (χ3n) is 7.36. The third-order valence-corrected chi connectivity index (χ3v) is 7.36. The topological polar surface area (TPSA) is 81.2 Å². The molecule has 3 amide bonds. The van der Waals surface area contributed by atoms with E-state index in [2.05, 4.69) is 0 Å². The number of hydrogen-bond donors (Lipinski definition) is 1. The standard InChI is InChI=1S/C25H32F3N3O4/c1-25(2,3)31(24(34)35)17(8-16-9-19(27)20(28)11-18(16)26)10-22(32)30-7-6-15-12-29(13-21(15)30)23(33)14-4-5-14/h9,11,14-15,17,21H,4-8,10,12-13H2,1-3H3,(H,34,35)/t15-,17+,21+/m0/s1. The van der Waals surface area contributed by atoms with E-state index in [1.165, 1.54) is 0 Å². The molecular formula is C25H32F3N3O4. The van der Waals surface area contributed by atoms with Crippen LogP contribution in [0.5, 0.6) is 0 Å². The molecule has 1 aromatic rings. The maximum atomic E-state index is 14.4. The Morgan fingerprint density at radius 2 is 1.71 bits per heavy atom. The van der Waals surface area contributed by atoms with Crippen LogP contribution in [0.15, 0.2) is 12.1 Å². The van der Waals surface area contributed by atoms with Gasteiger partial charge in [-0.2, -0.15) is 0 Å². The Morgan fingerprint density at radius 3 is 2.31 bits per heavy atom. The molecule has 1 N–H and O–H groups in total. The summed E-state index contributed by atoms with van der Waals surface area (Å²) in [6, 6.07) is 0.0262. The molecule has 1 aromatic carbocycles. The summed E-state index contributed by atoms with van der Waals surface area (Å²) in [6.07, 6.45) is 0.768. The van der Waals surface area contributed by atoms with Crippen molar-refractivity contribution < 1.29 is 32.7 Å². The second-order valence-corrected chi connectivity index (χ2v) is 11.0. The summed E-state index contributed by atoms with van der Waals surface area (Å²) in [6.45, 7) is 6.57. The van der Waals surface area contributed by atoms with Crippen molar-refractivity contribution in [3.8, 4) is 0 Å². The highest BCUT2D eigenvalue weighted by Gasteiger charge is 2.47. The van der Waals surface area contributed by atoms with Gasteiger partial charge in [0.15, 0.2) is 11.6 Å². The van der Waals surface area contributed by atoms with E-state index in [0.29, 0.717) is 25.7 Å². The summed E-state index contributed by atoms with van der Waals surface area (Å²) in [5.41, 5.74) is -1.13. The highest BCUT2D eigenvalue weighted by atomic mass is 19.2. The fourth-order valence-corrected chi connectivity index (χ4v) is 5.58. The zero-order chi connectivity index (χ0) is 25.7. The van der Waals surface area contributed by atoms with Gasteiger partial charge in [0, 0.05) is 55.5 Å². The molecule has 3 aliphatic rings. The number of halogens is 3. The number of hydrogen-bond acceptors (Lipinski definition) is 3. The normalized spacial score (nSPS) is 22.8. The number of fused-ring (bicyclic) bond motifs is 1. The molecule has 0 spiro atoms. The van der Waals surface area contributed by atoms with Crippen LogP contribution >= 0.6 is 0 Å². The first kappa shape index (κ1) is 25.3. The van der Waals surface area contributed by atoms with E-state index < -0.39 is 35.1 Å². The molecule has 1 aliphatic carbocycles. The smallest absolute Gasteiger partial charge is 0.408 e. The van der Waals surface area contributed by atoms with Gasteiger partial charge in [-0.05, 0) is 58.1 Å². The van der Waals surface area contributed by atoms with Crippen LogP contribution < -0.4 is 0 Å². The molecule has 0 bridgehead atoms. The minimum Gasteiger partial charge on any atom is -0.465 e. The first-order valence-corrected chi connectivity index (χ1v) is 12.1. The van der Waals surface area contributed by atoms with Gasteiger partial charge < -0.3 is 14.9 Å². The number of amides is 3. The van der Waals surface area contributed by atoms with Crippen LogP contribution in [0.25, 0.3) is 0 Å². The van der Waals surface area contributed by atoms with E-state index >= 15 is 0 Å². The van der Waals surface area contributed by atoms with Crippen molar-refractivity contribution in [2.45, 2.75) is 70.5 Å². The zero-order valence-electron chi connectivity index (χ0n) is 20.3. The minimum absolute atomic E-state index is 0.101. The summed E-state index contributed by atoms with van der Waals surface area (Å²) in [5, 5.41) is 9.94. The van der Waals surface area contributed by atoms with Crippen LogP contribution in [0.3, 0.4) is 0 Å². The van der Waals surface area contributed by atoms with E-state index in [9.17, 15) is 32.7 Å². The van der Waals surface area contributed by atoms with Crippen LogP contribution in [0.2, 0.25) is 0 Å². The fraction of sp³-hybridized carbons (Fsp3) is 0.640. The molecule has 0 unspecified atom stereocenters. The van der Waals surface area contributed by atoms with Gasteiger partial charge in [-0.3, -0.25) is 14.5 Å². The molecule has 7 nitrogen and oxygen atoms in total. The van der Waals surface area contributed by atoms with Gasteiger partial charge >= 0.3 is 6.09 Å². The van der Waals surface area contributed by atoms with Gasteiger partial charge in [0.05, 0.1) is 6.04 Å². The predicted octanol–water partition coefficient (Wildman–Crippen LogP) is 3.65. The average Bonchev–Trinajstić information content (AvgIpc) is 3.38. The van der Waals surface area contributed by atoms with E-state index in [4.69, 9.17) is 0 Å². The number of carboxylic acid groups (broad SMARTS) is 1. The maximum Gasteiger partial charge on any atom is 0.408 e. The number of benzene rings is 1. The molecule has 0 aromatic heterocycles. The van der Waals surface area contributed by atoms with E-state index in [1.54, 1.807) is 25.7 Å². The molecule has 2 saturated heterocycles. The van der Waals surface area contributed by atoms with E-state index in [1.807, 2.05) is 4.90 Å². The molecule has 2 heterocycles. The van der Waals surface area contributed by atoms with Gasteiger partial charge in [0.2, 0.25) is 11.8 Å². The van der Waals surface area contributed by atoms with Crippen molar-refractivity contribution >= 4 is 17.9 Å². The number of likely N-dealkylation sites (tertiary alicyclic amines) is 2. The largest absolute Gasteiger partial charge is 0.465 e. The molecular weight excluding hydrogens is 463 g/mol. The van der Waals surface area contributed by atoms with Crippen molar-refractivity contribution in [3.63, 3.8) is 0 Å². The van der Waals surface area contributed by atoms with Gasteiger partial charge in [-0.25, -0.2) is 18.0 Å². The van der Waals surface area contributed by atoms with Crippen LogP contribution in [0, 0.1) is 29.3 Å². The SMILES string of the molecule is CC(C)(C)N(C(=O)O)[C@@H](CC(=O)N1CC[C@H]2CN(C(=O)C3CC3)C[C@H]21)Cc1cc(F)c(F)cc1F. The zero-order valence-corrected chi connectivity index (χ0v) is 20.3. The van der Waals surface area contributed by atoms with Crippen molar-refractivity contribution in [1.82, 2.24) is 14.7 Å². The molecule has 2 aliphatic heterocycles. The summed E-state index contributed by atoms with van der Waals surface area (Å²) in [7, 11) is 0. The number of nitrogens with zero attached hydrogens (tertiary/aromatic N) is 3. The Bertz CT molecular complexity index is 1020. The van der Waals surface area contributed by atoms with Crippen molar-refractivity contribution in [2.24, 2.45) is 11.8 Å². The lowest BCUT2D eigenvalue weighted by atomic mass is 9.95. The van der Waals surface area contributed by atoms with E-state index in [0.717, 1.165) is 30.2 Å². The third kappa shape index (κ3) is 5.26. The number of carbonyl (C=O) groups is 3. The lowest BCUT2D eigenvalue weighted by Gasteiger charge is -2.40. The Labute approximate surface area is 202 Å². The first-order chi connectivity index (χ1) is 16.4. The quantitative estimate of drug-likeness (QED) is 0.611. The Hall–Kier alpha value is -2.78. The average molecular weight is 496 g/mol. The highest BCUT2D eigenvalue weighted by Crippen LogP contribution is 2.37. The molecule has 3 fully saturated rings. The summed E-state index contributed by atoms with van der Waals surface area (Å²) in [4.78, 5) is 42.8. The van der Waals surface area contributed by atoms with Gasteiger partial charge in [-0.15, -0.1) is 0 Å². The molecule has 10 heteroatoms. The van der Waals surface area contributed by atoms with Gasteiger partial charge in [0.1, 0.15) is 5.82 Å². The van der Waals surface area contributed by atoms with Gasteiger partial charge in [-0.1, -0.05) is 0 Å². The number of carbonyl (C=O) groups excluding carboxylic acids is 2. The fourth-order valence-electron chi connectivity index (χ4n) is 5.58. The predicted molar refractivity (Wildman–Crippen MR) is 121 cm³/mol. The molecule has 3 atom stereocenters. The summed E-state index contributed by atoms with van der Waals surface area (Å²) >= 11 is 0. The van der Waals surface area contributed by atoms with Crippen molar-refractivity contribution in [1.29, 1.82) is 0 Å². The lowest BCUT2D eigenvalue weighted by molar-refractivity contribution is -0.136. The molecule has 1 saturated carbocycles. The Kier molecular flexibility index (Phi) is 6.76. The Balaban J connectivity index is 1.54. The molecule has 192 valence electrons. The number of rotatable bonds is 6. The molecule has 4 rings (SSSR count). The second kappa shape index (κ2) is 9.35. The molecule has 0 radical (unpaired) electrons. The van der Waals surface area contributed by atoms with Crippen molar-refractivity contribution in [2.75, 3.05) is 19.6 Å².